The van der Waals surface area contributed by atoms with E-state index in [0.717, 1.165) is 19.3 Å². The summed E-state index contributed by atoms with van der Waals surface area (Å²) in [4.78, 5) is 18.6. The highest BCUT2D eigenvalue weighted by Crippen LogP contribution is 2.26. The van der Waals surface area contributed by atoms with E-state index in [-0.39, 0.29) is 19.1 Å². The van der Waals surface area contributed by atoms with Crippen molar-refractivity contribution in [3.63, 3.8) is 0 Å². The third-order valence-corrected chi connectivity index (χ3v) is 3.65. The van der Waals surface area contributed by atoms with Crippen LogP contribution in [-0.2, 0) is 0 Å². The maximum absolute atomic E-state index is 12.6. The Kier molecular flexibility index (Phi) is 5.73. The fourth-order valence-corrected chi connectivity index (χ4v) is 2.33. The summed E-state index contributed by atoms with van der Waals surface area (Å²) in [5, 5.41) is 9.00. The van der Waals surface area contributed by atoms with Crippen molar-refractivity contribution in [3.8, 4) is 11.8 Å². The standard InChI is InChI=1S/C16H21N3O2/c17-7-2-4-13-10-14(12-18-11-13)16(21)19(8-3-9-20)15-5-1-6-15/h10-12,15,20H,1,3,5-9,17H2. The summed E-state index contributed by atoms with van der Waals surface area (Å²) in [6.45, 7) is 0.957. The maximum atomic E-state index is 12.6. The first-order chi connectivity index (χ1) is 10.3. The van der Waals surface area contributed by atoms with Gasteiger partial charge >= 0.3 is 0 Å². The molecule has 1 saturated carbocycles. The monoisotopic (exact) mass is 287 g/mol. The highest BCUT2D eigenvalue weighted by atomic mass is 16.3. The van der Waals surface area contributed by atoms with Gasteiger partial charge in [0.15, 0.2) is 0 Å². The van der Waals surface area contributed by atoms with E-state index in [1.165, 1.54) is 0 Å². The van der Waals surface area contributed by atoms with Crippen LogP contribution in [0.1, 0.15) is 41.6 Å². The lowest BCUT2D eigenvalue weighted by Gasteiger charge is -2.37. The number of hydrogen-bond donors (Lipinski definition) is 2. The van der Waals surface area contributed by atoms with Gasteiger partial charge in [-0.05, 0) is 31.7 Å². The minimum atomic E-state index is -0.0305. The van der Waals surface area contributed by atoms with Crippen molar-refractivity contribution in [1.29, 1.82) is 0 Å². The van der Waals surface area contributed by atoms with E-state index in [1.807, 2.05) is 4.90 Å². The lowest BCUT2D eigenvalue weighted by atomic mass is 9.91. The second kappa shape index (κ2) is 7.77. The molecule has 2 rings (SSSR count). The van der Waals surface area contributed by atoms with Crippen molar-refractivity contribution < 1.29 is 9.90 Å². The lowest BCUT2D eigenvalue weighted by molar-refractivity contribution is 0.0562. The molecule has 0 radical (unpaired) electrons. The molecule has 1 aromatic rings. The smallest absolute Gasteiger partial charge is 0.255 e. The molecule has 0 aromatic carbocycles. The van der Waals surface area contributed by atoms with E-state index in [4.69, 9.17) is 10.8 Å². The van der Waals surface area contributed by atoms with E-state index >= 15 is 0 Å². The van der Waals surface area contributed by atoms with E-state index in [2.05, 4.69) is 16.8 Å². The summed E-state index contributed by atoms with van der Waals surface area (Å²) in [6.07, 6.45) is 7.03. The Morgan fingerprint density at radius 1 is 1.48 bits per heavy atom. The highest BCUT2D eigenvalue weighted by molar-refractivity contribution is 5.94. The van der Waals surface area contributed by atoms with Crippen LogP contribution >= 0.6 is 0 Å². The van der Waals surface area contributed by atoms with Crippen molar-refractivity contribution in [2.75, 3.05) is 19.7 Å². The molecule has 1 fully saturated rings. The van der Waals surface area contributed by atoms with Gasteiger partial charge in [0.1, 0.15) is 0 Å². The first-order valence-corrected chi connectivity index (χ1v) is 7.32. The number of nitrogens with two attached hydrogens (primary N) is 1. The fraction of sp³-hybridized carbons (Fsp3) is 0.500. The second-order valence-corrected chi connectivity index (χ2v) is 5.13. The zero-order valence-corrected chi connectivity index (χ0v) is 12.1. The summed E-state index contributed by atoms with van der Waals surface area (Å²) in [5.74, 6) is 5.62. The Labute approximate surface area is 125 Å². The lowest BCUT2D eigenvalue weighted by Crippen LogP contribution is -2.45. The van der Waals surface area contributed by atoms with E-state index in [1.54, 1.807) is 18.5 Å². The molecular formula is C16H21N3O2. The molecule has 0 spiro atoms. The largest absolute Gasteiger partial charge is 0.396 e. The molecule has 0 unspecified atom stereocenters. The molecule has 1 aliphatic rings. The Morgan fingerprint density at radius 2 is 2.29 bits per heavy atom. The molecule has 1 heterocycles. The molecule has 5 heteroatoms. The van der Waals surface area contributed by atoms with E-state index < -0.39 is 0 Å². The van der Waals surface area contributed by atoms with Crippen LogP contribution in [0.5, 0.6) is 0 Å². The van der Waals surface area contributed by atoms with Gasteiger partial charge in [0, 0.05) is 37.2 Å². The van der Waals surface area contributed by atoms with Gasteiger partial charge in [-0.1, -0.05) is 11.8 Å². The predicted molar refractivity (Wildman–Crippen MR) is 80.5 cm³/mol. The normalized spacial score (nSPS) is 14.0. The summed E-state index contributed by atoms with van der Waals surface area (Å²) in [7, 11) is 0. The van der Waals surface area contributed by atoms with Gasteiger partial charge in [-0.15, -0.1) is 0 Å². The molecule has 0 aliphatic heterocycles. The molecule has 1 aliphatic carbocycles. The molecule has 1 amide bonds. The average Bonchev–Trinajstić information content (AvgIpc) is 2.47. The van der Waals surface area contributed by atoms with Crippen molar-refractivity contribution in [2.24, 2.45) is 5.73 Å². The summed E-state index contributed by atoms with van der Waals surface area (Å²) < 4.78 is 0. The van der Waals surface area contributed by atoms with Gasteiger partial charge < -0.3 is 15.7 Å². The van der Waals surface area contributed by atoms with Gasteiger partial charge in [0.25, 0.3) is 5.91 Å². The number of hydrogen-bond acceptors (Lipinski definition) is 4. The minimum Gasteiger partial charge on any atom is -0.396 e. The van der Waals surface area contributed by atoms with Crippen LogP contribution in [0.3, 0.4) is 0 Å². The van der Waals surface area contributed by atoms with Crippen molar-refractivity contribution in [3.05, 3.63) is 29.6 Å². The zero-order chi connectivity index (χ0) is 15.1. The first kappa shape index (κ1) is 15.5. The molecule has 0 saturated heterocycles. The number of amides is 1. The quantitative estimate of drug-likeness (QED) is 0.784. The van der Waals surface area contributed by atoms with Crippen LogP contribution in [0.25, 0.3) is 0 Å². The van der Waals surface area contributed by atoms with Gasteiger partial charge in [-0.3, -0.25) is 9.78 Å². The number of aromatic nitrogens is 1. The zero-order valence-electron chi connectivity index (χ0n) is 12.1. The Bertz CT molecular complexity index is 544. The SMILES string of the molecule is NCC#Cc1cncc(C(=O)N(CCCO)C2CCC2)c1. The van der Waals surface area contributed by atoms with Gasteiger partial charge in [-0.25, -0.2) is 0 Å². The molecule has 5 nitrogen and oxygen atoms in total. The molecule has 0 bridgehead atoms. The summed E-state index contributed by atoms with van der Waals surface area (Å²) >= 11 is 0. The predicted octanol–water partition coefficient (Wildman–Crippen LogP) is 0.769. The maximum Gasteiger partial charge on any atom is 0.255 e. The van der Waals surface area contributed by atoms with E-state index in [9.17, 15) is 4.79 Å². The van der Waals surface area contributed by atoms with Gasteiger partial charge in [0.2, 0.25) is 0 Å². The molecule has 3 N–H and O–H groups in total. The number of aliphatic hydroxyl groups is 1. The molecule has 1 aromatic heterocycles. The van der Waals surface area contributed by atoms with Crippen molar-refractivity contribution >= 4 is 5.91 Å². The van der Waals surface area contributed by atoms with Crippen LogP contribution in [0, 0.1) is 11.8 Å². The first-order valence-electron chi connectivity index (χ1n) is 7.32. The summed E-state index contributed by atoms with van der Waals surface area (Å²) in [5.41, 5.74) is 6.59. The molecule has 21 heavy (non-hydrogen) atoms. The number of nitrogens with zero attached hydrogens (tertiary/aromatic N) is 2. The third kappa shape index (κ3) is 4.03. The number of rotatable bonds is 5. The number of pyridine rings is 1. The van der Waals surface area contributed by atoms with Gasteiger partial charge in [0.05, 0.1) is 12.1 Å². The van der Waals surface area contributed by atoms with Crippen molar-refractivity contribution in [2.45, 2.75) is 31.7 Å². The van der Waals surface area contributed by atoms with Crippen LogP contribution in [-0.4, -0.2) is 46.6 Å². The van der Waals surface area contributed by atoms with Crippen LogP contribution in [0.4, 0.5) is 0 Å². The fourth-order valence-electron chi connectivity index (χ4n) is 2.33. The summed E-state index contributed by atoms with van der Waals surface area (Å²) in [6, 6.07) is 2.05. The molecule has 0 atom stereocenters. The number of carbonyl (C=O) groups is 1. The van der Waals surface area contributed by atoms with Crippen LogP contribution in [0.15, 0.2) is 18.5 Å². The molecular weight excluding hydrogens is 266 g/mol. The van der Waals surface area contributed by atoms with Gasteiger partial charge in [-0.2, -0.15) is 0 Å². The average molecular weight is 287 g/mol. The van der Waals surface area contributed by atoms with Crippen molar-refractivity contribution in [1.82, 2.24) is 9.88 Å². The Morgan fingerprint density at radius 3 is 2.90 bits per heavy atom. The number of aliphatic hydroxyl groups excluding tert-OH is 1. The number of carbonyl (C=O) groups excluding carboxylic acids is 1. The minimum absolute atomic E-state index is 0.0305. The third-order valence-electron chi connectivity index (χ3n) is 3.65. The molecule has 112 valence electrons. The Hall–Kier alpha value is -1.90. The Balaban J connectivity index is 2.15. The van der Waals surface area contributed by atoms with E-state index in [0.29, 0.717) is 30.1 Å². The topological polar surface area (TPSA) is 79.5 Å². The van der Waals surface area contributed by atoms with Crippen LogP contribution < -0.4 is 5.73 Å². The highest BCUT2D eigenvalue weighted by Gasteiger charge is 2.29. The second-order valence-electron chi connectivity index (χ2n) is 5.13. The van der Waals surface area contributed by atoms with Crippen LogP contribution in [0.2, 0.25) is 0 Å².